The molecule has 0 saturated heterocycles. The van der Waals surface area contributed by atoms with Gasteiger partial charge in [0.2, 0.25) is 5.91 Å². The van der Waals surface area contributed by atoms with Gasteiger partial charge in [-0.05, 0) is 12.8 Å². The summed E-state index contributed by atoms with van der Waals surface area (Å²) in [4.78, 5) is 36.1. The number of Topliss-reactive ketones (excluding diaryl/α,β-unsaturated/α-hetero) is 1. The highest BCUT2D eigenvalue weighted by molar-refractivity contribution is 6.12. The number of carbonyl (C=O) groups excluding carboxylic acids is 3. The molecule has 0 saturated carbocycles. The molecule has 2 unspecified atom stereocenters. The van der Waals surface area contributed by atoms with Crippen LogP contribution in [-0.4, -0.2) is 36.4 Å². The van der Waals surface area contributed by atoms with Crippen LogP contribution in [0.3, 0.4) is 0 Å². The van der Waals surface area contributed by atoms with E-state index >= 15 is 0 Å². The molecular formula is C16H22N2O4. The number of ether oxygens (including phenoxy) is 1. The van der Waals surface area contributed by atoms with Crippen molar-refractivity contribution in [1.82, 2.24) is 5.32 Å². The van der Waals surface area contributed by atoms with Gasteiger partial charge in [0, 0.05) is 5.56 Å². The third kappa shape index (κ3) is 4.66. The van der Waals surface area contributed by atoms with Crippen molar-refractivity contribution in [2.45, 2.75) is 32.9 Å². The number of hydrogen-bond donors (Lipinski definition) is 2. The van der Waals surface area contributed by atoms with E-state index in [0.717, 1.165) is 0 Å². The molecule has 0 bridgehead atoms. The van der Waals surface area contributed by atoms with Crippen molar-refractivity contribution in [2.75, 3.05) is 6.61 Å². The lowest BCUT2D eigenvalue weighted by Gasteiger charge is -2.24. The highest BCUT2D eigenvalue weighted by Crippen LogP contribution is 2.09. The van der Waals surface area contributed by atoms with E-state index in [0.29, 0.717) is 5.56 Å². The van der Waals surface area contributed by atoms with E-state index in [9.17, 15) is 14.4 Å². The van der Waals surface area contributed by atoms with Crippen LogP contribution in [0.1, 0.15) is 31.1 Å². The summed E-state index contributed by atoms with van der Waals surface area (Å²) < 4.78 is 4.93. The van der Waals surface area contributed by atoms with Crippen LogP contribution in [0.15, 0.2) is 30.3 Å². The van der Waals surface area contributed by atoms with Crippen LogP contribution in [0.5, 0.6) is 0 Å². The van der Waals surface area contributed by atoms with Crippen molar-refractivity contribution in [1.29, 1.82) is 0 Å². The molecule has 0 heterocycles. The molecule has 1 aromatic carbocycles. The molecule has 120 valence electrons. The summed E-state index contributed by atoms with van der Waals surface area (Å²) in [5.74, 6) is -1.96. The first-order valence-electron chi connectivity index (χ1n) is 7.19. The van der Waals surface area contributed by atoms with Crippen molar-refractivity contribution in [3.63, 3.8) is 0 Å². The number of hydrogen-bond acceptors (Lipinski definition) is 5. The van der Waals surface area contributed by atoms with Crippen molar-refractivity contribution in [2.24, 2.45) is 11.7 Å². The molecule has 0 spiro atoms. The molecule has 6 heteroatoms. The quantitative estimate of drug-likeness (QED) is 0.422. The fraction of sp³-hybridized carbons (Fsp3) is 0.438. The standard InChI is InChI=1S/C16H22N2O4/c1-4-22-16(21)13(18-12(10(2)3)15(17)20)14(19)11-8-6-5-7-9-11/h5-10,12-13,18H,4H2,1-3H3,(H2,17,20). The number of benzene rings is 1. The van der Waals surface area contributed by atoms with E-state index < -0.39 is 29.7 Å². The first-order valence-corrected chi connectivity index (χ1v) is 7.19. The highest BCUT2D eigenvalue weighted by Gasteiger charge is 2.33. The van der Waals surface area contributed by atoms with Crippen LogP contribution in [0.2, 0.25) is 0 Å². The van der Waals surface area contributed by atoms with Gasteiger partial charge in [-0.1, -0.05) is 44.2 Å². The summed E-state index contributed by atoms with van der Waals surface area (Å²) in [5.41, 5.74) is 5.70. The molecule has 1 aromatic rings. The minimum absolute atomic E-state index is 0.141. The van der Waals surface area contributed by atoms with E-state index in [1.54, 1.807) is 51.1 Å². The van der Waals surface area contributed by atoms with Gasteiger partial charge in [-0.15, -0.1) is 0 Å². The number of carbonyl (C=O) groups is 3. The predicted molar refractivity (Wildman–Crippen MR) is 82.1 cm³/mol. The van der Waals surface area contributed by atoms with E-state index in [2.05, 4.69) is 5.32 Å². The van der Waals surface area contributed by atoms with Gasteiger partial charge in [-0.25, -0.2) is 4.79 Å². The van der Waals surface area contributed by atoms with Crippen LogP contribution >= 0.6 is 0 Å². The average Bonchev–Trinajstić information content (AvgIpc) is 2.47. The second kappa shape index (κ2) is 8.29. The Bertz CT molecular complexity index is 528. The SMILES string of the molecule is CCOC(=O)C(NC(C(N)=O)C(C)C)C(=O)c1ccccc1. The van der Waals surface area contributed by atoms with Crippen molar-refractivity contribution in [3.05, 3.63) is 35.9 Å². The zero-order chi connectivity index (χ0) is 16.7. The molecule has 1 rings (SSSR count). The maximum Gasteiger partial charge on any atom is 0.331 e. The molecule has 0 aliphatic rings. The Hall–Kier alpha value is -2.21. The number of nitrogens with one attached hydrogen (secondary N) is 1. The number of amides is 1. The molecule has 2 atom stereocenters. The predicted octanol–water partition coefficient (Wildman–Crippen LogP) is 0.901. The average molecular weight is 306 g/mol. The van der Waals surface area contributed by atoms with Gasteiger partial charge >= 0.3 is 5.97 Å². The van der Waals surface area contributed by atoms with Crippen molar-refractivity contribution < 1.29 is 19.1 Å². The van der Waals surface area contributed by atoms with Crippen LogP contribution in [0, 0.1) is 5.92 Å². The van der Waals surface area contributed by atoms with Gasteiger partial charge in [0.25, 0.3) is 0 Å². The van der Waals surface area contributed by atoms with Gasteiger partial charge in [-0.3, -0.25) is 14.9 Å². The number of nitrogens with two attached hydrogens (primary N) is 1. The van der Waals surface area contributed by atoms with Crippen LogP contribution in [0.25, 0.3) is 0 Å². The topological polar surface area (TPSA) is 98.5 Å². The fourth-order valence-electron chi connectivity index (χ4n) is 2.03. The van der Waals surface area contributed by atoms with Crippen molar-refractivity contribution >= 4 is 17.7 Å². The number of primary amides is 1. The highest BCUT2D eigenvalue weighted by atomic mass is 16.5. The summed E-state index contributed by atoms with van der Waals surface area (Å²) in [6, 6.07) is 6.30. The second-order valence-corrected chi connectivity index (χ2v) is 5.21. The largest absolute Gasteiger partial charge is 0.464 e. The first-order chi connectivity index (χ1) is 10.4. The van der Waals surface area contributed by atoms with Gasteiger partial charge < -0.3 is 10.5 Å². The van der Waals surface area contributed by atoms with Gasteiger partial charge in [0.15, 0.2) is 11.8 Å². The Morgan fingerprint density at radius 3 is 2.23 bits per heavy atom. The van der Waals surface area contributed by atoms with Crippen molar-refractivity contribution in [3.8, 4) is 0 Å². The molecular weight excluding hydrogens is 284 g/mol. The summed E-state index contributed by atoms with van der Waals surface area (Å²) in [5, 5.41) is 2.74. The van der Waals surface area contributed by atoms with Gasteiger partial charge in [0.05, 0.1) is 12.6 Å². The van der Waals surface area contributed by atoms with E-state index in [-0.39, 0.29) is 12.5 Å². The Morgan fingerprint density at radius 2 is 1.77 bits per heavy atom. The molecule has 0 radical (unpaired) electrons. The van der Waals surface area contributed by atoms with Crippen LogP contribution in [0.4, 0.5) is 0 Å². The van der Waals surface area contributed by atoms with E-state index in [1.807, 2.05) is 0 Å². The molecule has 0 aromatic heterocycles. The maximum atomic E-state index is 12.5. The lowest BCUT2D eigenvalue weighted by Crippen LogP contribution is -2.55. The smallest absolute Gasteiger partial charge is 0.331 e. The Balaban J connectivity index is 3.05. The summed E-state index contributed by atoms with van der Waals surface area (Å²) in [6.07, 6.45) is 0. The monoisotopic (exact) mass is 306 g/mol. The normalized spacial score (nSPS) is 13.5. The summed E-state index contributed by atoms with van der Waals surface area (Å²) in [6.45, 7) is 5.34. The lowest BCUT2D eigenvalue weighted by atomic mass is 9.99. The minimum Gasteiger partial charge on any atom is -0.464 e. The molecule has 3 N–H and O–H groups in total. The summed E-state index contributed by atoms with van der Waals surface area (Å²) in [7, 11) is 0. The molecule has 1 amide bonds. The molecule has 0 aliphatic carbocycles. The third-order valence-electron chi connectivity index (χ3n) is 3.16. The Labute approximate surface area is 130 Å². The number of esters is 1. The van der Waals surface area contributed by atoms with E-state index in [1.165, 1.54) is 0 Å². The number of rotatable bonds is 8. The van der Waals surface area contributed by atoms with Crippen LogP contribution < -0.4 is 11.1 Å². The molecule has 0 aliphatic heterocycles. The first kappa shape index (κ1) is 17.8. The minimum atomic E-state index is -1.26. The maximum absolute atomic E-state index is 12.5. The number of ketones is 1. The van der Waals surface area contributed by atoms with Crippen LogP contribution in [-0.2, 0) is 14.3 Å². The zero-order valence-electron chi connectivity index (χ0n) is 13.0. The third-order valence-corrected chi connectivity index (χ3v) is 3.16. The van der Waals surface area contributed by atoms with Gasteiger partial charge in [-0.2, -0.15) is 0 Å². The fourth-order valence-corrected chi connectivity index (χ4v) is 2.03. The van der Waals surface area contributed by atoms with Gasteiger partial charge in [0.1, 0.15) is 0 Å². The zero-order valence-corrected chi connectivity index (χ0v) is 13.0. The Kier molecular flexibility index (Phi) is 6.72. The molecule has 22 heavy (non-hydrogen) atoms. The van der Waals surface area contributed by atoms with E-state index in [4.69, 9.17) is 10.5 Å². The molecule has 6 nitrogen and oxygen atoms in total. The Morgan fingerprint density at radius 1 is 1.18 bits per heavy atom. The molecule has 0 fully saturated rings. The summed E-state index contributed by atoms with van der Waals surface area (Å²) >= 11 is 0. The lowest BCUT2D eigenvalue weighted by molar-refractivity contribution is -0.144. The second-order valence-electron chi connectivity index (χ2n) is 5.21.